The fourth-order valence-electron chi connectivity index (χ4n) is 3.11. The number of rotatable bonds is 8. The number of nitrogens with zero attached hydrogens (tertiary/aromatic N) is 3. The van der Waals surface area contributed by atoms with Crippen molar-refractivity contribution in [2.75, 3.05) is 11.9 Å². The molecular formula is C22H19N5O4S. The number of aliphatic carboxylic acids is 1. The first-order valence-electron chi connectivity index (χ1n) is 9.61. The minimum atomic E-state index is -3.63. The van der Waals surface area contributed by atoms with Crippen LogP contribution in [0.5, 0.6) is 0 Å². The number of carboxylic acids is 1. The predicted octanol–water partition coefficient (Wildman–Crippen LogP) is 2.64. The Bertz CT molecular complexity index is 1350. The summed E-state index contributed by atoms with van der Waals surface area (Å²) in [6, 6.07) is 16.2. The van der Waals surface area contributed by atoms with Gasteiger partial charge in [0.05, 0.1) is 33.7 Å². The molecule has 0 bridgehead atoms. The molecule has 2 heterocycles. The molecule has 0 saturated heterocycles. The molecule has 0 aliphatic carbocycles. The summed E-state index contributed by atoms with van der Waals surface area (Å²) in [4.78, 5) is 24.0. The summed E-state index contributed by atoms with van der Waals surface area (Å²) < 4.78 is 25.5. The molecule has 1 atom stereocenters. The van der Waals surface area contributed by atoms with Crippen LogP contribution in [0.15, 0.2) is 89.2 Å². The first-order chi connectivity index (χ1) is 15.4. The molecule has 1 unspecified atom stereocenters. The number of benzene rings is 2. The van der Waals surface area contributed by atoms with Crippen molar-refractivity contribution in [2.45, 2.75) is 16.0 Å². The second-order valence-corrected chi connectivity index (χ2v) is 8.83. The molecule has 2 aromatic heterocycles. The van der Waals surface area contributed by atoms with Gasteiger partial charge in [0.25, 0.3) is 0 Å². The largest absolute Gasteiger partial charge is 0.480 e. The Morgan fingerprint density at radius 1 is 0.969 bits per heavy atom. The number of aromatic nitrogens is 3. The number of nitrogens with one attached hydrogen (secondary N) is 2. The molecule has 162 valence electrons. The maximum absolute atomic E-state index is 12.8. The Morgan fingerprint density at radius 3 is 2.41 bits per heavy atom. The van der Waals surface area contributed by atoms with Gasteiger partial charge in [0.1, 0.15) is 12.5 Å². The zero-order chi connectivity index (χ0) is 22.6. The molecule has 4 aromatic rings. The van der Waals surface area contributed by atoms with Crippen molar-refractivity contribution in [1.29, 1.82) is 0 Å². The van der Waals surface area contributed by atoms with Gasteiger partial charge in [-0.05, 0) is 42.5 Å². The fourth-order valence-corrected chi connectivity index (χ4v) is 4.39. The van der Waals surface area contributed by atoms with Crippen LogP contribution in [0.3, 0.4) is 0 Å². The number of sulfone groups is 1. The maximum atomic E-state index is 12.8. The van der Waals surface area contributed by atoms with Crippen molar-refractivity contribution in [3.8, 4) is 0 Å². The average Bonchev–Trinajstić information content (AvgIpc) is 2.82. The van der Waals surface area contributed by atoms with Crippen LogP contribution in [0, 0.1) is 0 Å². The fraction of sp³-hybridized carbons (Fsp3) is 0.0909. The topological polar surface area (TPSA) is 134 Å². The van der Waals surface area contributed by atoms with Crippen LogP contribution in [-0.4, -0.2) is 41.0 Å². The van der Waals surface area contributed by atoms with E-state index in [9.17, 15) is 13.2 Å². The Labute approximate surface area is 184 Å². The van der Waals surface area contributed by atoms with E-state index in [2.05, 4.69) is 25.6 Å². The Morgan fingerprint density at radius 2 is 1.69 bits per heavy atom. The van der Waals surface area contributed by atoms with Crippen molar-refractivity contribution in [2.24, 2.45) is 0 Å². The van der Waals surface area contributed by atoms with Gasteiger partial charge in [-0.15, -0.1) is 0 Å². The third kappa shape index (κ3) is 4.71. The Balaban J connectivity index is 1.60. The average molecular weight is 449 g/mol. The van der Waals surface area contributed by atoms with Gasteiger partial charge >= 0.3 is 5.97 Å². The van der Waals surface area contributed by atoms with Gasteiger partial charge in [0, 0.05) is 17.3 Å². The molecule has 32 heavy (non-hydrogen) atoms. The lowest BCUT2D eigenvalue weighted by Crippen LogP contribution is -2.33. The highest BCUT2D eigenvalue weighted by Gasteiger charge is 2.18. The standard InChI is InChI=1S/C22H19N5O4S/c28-21(29)13-25-22(19-10-15-11-23-14-26-20(15)12-24-19)27-16-6-8-18(9-7-16)32(30,31)17-4-2-1-3-5-17/h1-12,14,22,25,27H,13H2,(H,28,29). The molecular weight excluding hydrogens is 430 g/mol. The molecule has 9 nitrogen and oxygen atoms in total. The van der Waals surface area contributed by atoms with E-state index in [0.717, 1.165) is 5.39 Å². The first-order valence-corrected chi connectivity index (χ1v) is 11.1. The summed E-state index contributed by atoms with van der Waals surface area (Å²) in [6.45, 7) is -0.302. The molecule has 0 saturated carbocycles. The molecule has 0 fully saturated rings. The molecule has 0 radical (unpaired) electrons. The van der Waals surface area contributed by atoms with Crippen LogP contribution < -0.4 is 10.6 Å². The van der Waals surface area contributed by atoms with Crippen molar-refractivity contribution in [1.82, 2.24) is 20.3 Å². The summed E-state index contributed by atoms with van der Waals surface area (Å²) in [5.74, 6) is -1.02. The number of pyridine rings is 1. The SMILES string of the molecule is O=C(O)CNC(Nc1ccc(S(=O)(=O)c2ccccc2)cc1)c1cc2cncnc2cn1. The minimum absolute atomic E-state index is 0.158. The normalized spacial score (nSPS) is 12.4. The van der Waals surface area contributed by atoms with Crippen molar-refractivity contribution in [3.05, 3.63) is 85.1 Å². The lowest BCUT2D eigenvalue weighted by molar-refractivity contribution is -0.136. The number of hydrogen-bond donors (Lipinski definition) is 3. The number of carboxylic acid groups (broad SMARTS) is 1. The monoisotopic (exact) mass is 449 g/mol. The van der Waals surface area contributed by atoms with Gasteiger partial charge in [-0.1, -0.05) is 18.2 Å². The number of carbonyl (C=O) groups is 1. The molecule has 0 aliphatic rings. The van der Waals surface area contributed by atoms with Gasteiger partial charge < -0.3 is 10.4 Å². The Hall–Kier alpha value is -3.89. The number of anilines is 1. The van der Waals surface area contributed by atoms with Crippen LogP contribution >= 0.6 is 0 Å². The summed E-state index contributed by atoms with van der Waals surface area (Å²) in [7, 11) is -3.63. The first kappa shape index (κ1) is 21.3. The van der Waals surface area contributed by atoms with Crippen molar-refractivity contribution in [3.63, 3.8) is 0 Å². The quantitative estimate of drug-likeness (QED) is 0.347. The van der Waals surface area contributed by atoms with Crippen LogP contribution in [0.4, 0.5) is 5.69 Å². The van der Waals surface area contributed by atoms with Crippen LogP contribution in [0.1, 0.15) is 11.9 Å². The molecule has 3 N–H and O–H groups in total. The van der Waals surface area contributed by atoms with E-state index in [1.165, 1.54) is 18.5 Å². The summed E-state index contributed by atoms with van der Waals surface area (Å²) in [6.07, 6.45) is 4.00. The van der Waals surface area contributed by atoms with E-state index in [4.69, 9.17) is 5.11 Å². The molecule has 0 amide bonds. The number of fused-ring (bicyclic) bond motifs is 1. The lowest BCUT2D eigenvalue weighted by atomic mass is 10.2. The van der Waals surface area contributed by atoms with E-state index in [1.54, 1.807) is 60.9 Å². The van der Waals surface area contributed by atoms with Crippen molar-refractivity contribution < 1.29 is 18.3 Å². The van der Waals surface area contributed by atoms with Gasteiger partial charge in [0.15, 0.2) is 0 Å². The van der Waals surface area contributed by atoms with E-state index in [0.29, 0.717) is 16.9 Å². The Kier molecular flexibility index (Phi) is 6.06. The van der Waals surface area contributed by atoms with Gasteiger partial charge in [-0.3, -0.25) is 15.1 Å². The number of hydrogen-bond acceptors (Lipinski definition) is 8. The molecule has 0 aliphatic heterocycles. The molecule has 10 heteroatoms. The van der Waals surface area contributed by atoms with E-state index in [1.807, 2.05) is 0 Å². The zero-order valence-corrected chi connectivity index (χ0v) is 17.5. The molecule has 4 rings (SSSR count). The van der Waals surface area contributed by atoms with Gasteiger partial charge in [-0.2, -0.15) is 0 Å². The van der Waals surface area contributed by atoms with Crippen molar-refractivity contribution >= 4 is 32.4 Å². The third-order valence-electron chi connectivity index (χ3n) is 4.69. The van der Waals surface area contributed by atoms with Gasteiger partial charge in [0.2, 0.25) is 9.84 Å². The minimum Gasteiger partial charge on any atom is -0.480 e. The zero-order valence-electron chi connectivity index (χ0n) is 16.7. The summed E-state index contributed by atoms with van der Waals surface area (Å²) in [5, 5.41) is 15.9. The van der Waals surface area contributed by atoms with E-state index >= 15 is 0 Å². The summed E-state index contributed by atoms with van der Waals surface area (Å²) >= 11 is 0. The van der Waals surface area contributed by atoms with E-state index in [-0.39, 0.29) is 16.3 Å². The highest BCUT2D eigenvalue weighted by Crippen LogP contribution is 2.24. The highest BCUT2D eigenvalue weighted by molar-refractivity contribution is 7.91. The molecule has 0 spiro atoms. The summed E-state index contributed by atoms with van der Waals surface area (Å²) in [5.41, 5.74) is 1.79. The smallest absolute Gasteiger partial charge is 0.317 e. The predicted molar refractivity (Wildman–Crippen MR) is 118 cm³/mol. The highest BCUT2D eigenvalue weighted by atomic mass is 32.2. The van der Waals surface area contributed by atoms with E-state index < -0.39 is 22.0 Å². The third-order valence-corrected chi connectivity index (χ3v) is 6.48. The van der Waals surface area contributed by atoms with Crippen LogP contribution in [-0.2, 0) is 14.6 Å². The maximum Gasteiger partial charge on any atom is 0.317 e. The molecule has 2 aromatic carbocycles. The second kappa shape index (κ2) is 9.08. The van der Waals surface area contributed by atoms with Crippen LogP contribution in [0.25, 0.3) is 10.9 Å². The van der Waals surface area contributed by atoms with Crippen LogP contribution in [0.2, 0.25) is 0 Å². The van der Waals surface area contributed by atoms with Gasteiger partial charge in [-0.25, -0.2) is 18.4 Å². The second-order valence-electron chi connectivity index (χ2n) is 6.88. The lowest BCUT2D eigenvalue weighted by Gasteiger charge is -2.20.